The van der Waals surface area contributed by atoms with Gasteiger partial charge in [-0.25, -0.2) is 0 Å². The average Bonchev–Trinajstić information content (AvgIpc) is 2.31. The summed E-state index contributed by atoms with van der Waals surface area (Å²) in [6.07, 6.45) is 3.63. The molecule has 1 unspecified atom stereocenters. The summed E-state index contributed by atoms with van der Waals surface area (Å²) >= 11 is 0. The van der Waals surface area contributed by atoms with Crippen LogP contribution in [0.15, 0.2) is 0 Å². The van der Waals surface area contributed by atoms with Gasteiger partial charge in [-0.05, 0) is 66.6 Å². The molecular formula is C14H30N2O2. The number of carboxylic acids is 1. The number of carbonyl (C=O) groups is 1. The van der Waals surface area contributed by atoms with Crippen molar-refractivity contribution in [1.29, 1.82) is 0 Å². The maximum atomic E-state index is 11.3. The van der Waals surface area contributed by atoms with Crippen LogP contribution in [0.25, 0.3) is 0 Å². The molecule has 0 fully saturated rings. The molecule has 0 aromatic rings. The van der Waals surface area contributed by atoms with Crippen LogP contribution in [0.2, 0.25) is 0 Å². The minimum absolute atomic E-state index is 0.550. The Bertz CT molecular complexity index is 244. The maximum absolute atomic E-state index is 11.3. The van der Waals surface area contributed by atoms with E-state index in [9.17, 15) is 9.90 Å². The van der Waals surface area contributed by atoms with Gasteiger partial charge >= 0.3 is 5.97 Å². The quantitative estimate of drug-likeness (QED) is 0.591. The van der Waals surface area contributed by atoms with Crippen LogP contribution in [0.4, 0.5) is 0 Å². The molecule has 0 saturated heterocycles. The van der Waals surface area contributed by atoms with E-state index >= 15 is 0 Å². The topological polar surface area (TPSA) is 52.6 Å². The largest absolute Gasteiger partial charge is 0.480 e. The van der Waals surface area contributed by atoms with Gasteiger partial charge < -0.3 is 15.3 Å². The van der Waals surface area contributed by atoms with Crippen LogP contribution in [0, 0.1) is 0 Å². The number of unbranched alkanes of at least 4 members (excludes halogenated alkanes) is 1. The van der Waals surface area contributed by atoms with Crippen molar-refractivity contribution >= 4 is 5.97 Å². The van der Waals surface area contributed by atoms with Crippen LogP contribution in [-0.2, 0) is 4.79 Å². The number of nitrogens with zero attached hydrogens (tertiary/aromatic N) is 1. The fourth-order valence-electron chi connectivity index (χ4n) is 1.77. The minimum Gasteiger partial charge on any atom is -0.480 e. The smallest absolute Gasteiger partial charge is 0.323 e. The van der Waals surface area contributed by atoms with Crippen molar-refractivity contribution in [1.82, 2.24) is 10.2 Å². The Balaban J connectivity index is 4.01. The van der Waals surface area contributed by atoms with E-state index in [4.69, 9.17) is 0 Å². The molecule has 0 heterocycles. The van der Waals surface area contributed by atoms with Gasteiger partial charge in [-0.1, -0.05) is 6.92 Å². The second-order valence-corrected chi connectivity index (χ2v) is 5.60. The van der Waals surface area contributed by atoms with Gasteiger partial charge in [0, 0.05) is 6.04 Å². The highest BCUT2D eigenvalue weighted by atomic mass is 16.4. The lowest BCUT2D eigenvalue weighted by molar-refractivity contribution is -0.144. The van der Waals surface area contributed by atoms with Gasteiger partial charge in [0.2, 0.25) is 0 Å². The first-order valence-electron chi connectivity index (χ1n) is 7.02. The fourth-order valence-corrected chi connectivity index (χ4v) is 1.77. The highest BCUT2D eigenvalue weighted by Gasteiger charge is 2.31. The third-order valence-corrected chi connectivity index (χ3v) is 3.56. The van der Waals surface area contributed by atoms with E-state index in [-0.39, 0.29) is 0 Å². The number of rotatable bonds is 10. The third-order valence-electron chi connectivity index (χ3n) is 3.56. The van der Waals surface area contributed by atoms with Crippen LogP contribution in [0.3, 0.4) is 0 Å². The van der Waals surface area contributed by atoms with E-state index in [0.717, 1.165) is 32.4 Å². The molecule has 1 atom stereocenters. The van der Waals surface area contributed by atoms with E-state index < -0.39 is 11.5 Å². The second-order valence-electron chi connectivity index (χ2n) is 5.60. The lowest BCUT2D eigenvalue weighted by Gasteiger charge is -2.27. The Labute approximate surface area is 112 Å². The first-order chi connectivity index (χ1) is 8.33. The summed E-state index contributed by atoms with van der Waals surface area (Å²) < 4.78 is 0. The third kappa shape index (κ3) is 6.36. The molecule has 0 rings (SSSR count). The van der Waals surface area contributed by atoms with Gasteiger partial charge in [-0.3, -0.25) is 4.79 Å². The Morgan fingerprint density at radius 3 is 2.44 bits per heavy atom. The Kier molecular flexibility index (Phi) is 8.20. The number of aliphatic carboxylic acids is 1. The van der Waals surface area contributed by atoms with Gasteiger partial charge in [0.05, 0.1) is 0 Å². The minimum atomic E-state index is -0.771. The highest BCUT2D eigenvalue weighted by Crippen LogP contribution is 2.15. The monoisotopic (exact) mass is 258 g/mol. The fraction of sp³-hybridized carbons (Fsp3) is 0.929. The molecule has 0 saturated carbocycles. The standard InChI is InChI=1S/C14H30N2O2/c1-6-10-15-14(4,13(17)18)9-7-8-11-16(5)12(2)3/h12,15H,6-11H2,1-5H3,(H,17,18). The molecule has 0 aromatic carbocycles. The first-order valence-corrected chi connectivity index (χ1v) is 7.02. The van der Waals surface area contributed by atoms with Gasteiger partial charge in [0.25, 0.3) is 0 Å². The number of hydrogen-bond donors (Lipinski definition) is 2. The molecule has 2 N–H and O–H groups in total. The maximum Gasteiger partial charge on any atom is 0.323 e. The van der Waals surface area contributed by atoms with Gasteiger partial charge in [0.15, 0.2) is 0 Å². The molecule has 4 nitrogen and oxygen atoms in total. The summed E-state index contributed by atoms with van der Waals surface area (Å²) in [4.78, 5) is 13.6. The van der Waals surface area contributed by atoms with Crippen molar-refractivity contribution < 1.29 is 9.90 Å². The summed E-state index contributed by atoms with van der Waals surface area (Å²) in [5.41, 5.74) is -0.771. The van der Waals surface area contributed by atoms with Crippen molar-refractivity contribution in [3.05, 3.63) is 0 Å². The zero-order chi connectivity index (χ0) is 14.2. The summed E-state index contributed by atoms with van der Waals surface area (Å²) in [7, 11) is 2.11. The van der Waals surface area contributed by atoms with E-state index in [1.807, 2.05) is 6.92 Å². The van der Waals surface area contributed by atoms with Crippen molar-refractivity contribution in [3.63, 3.8) is 0 Å². The molecule has 4 heteroatoms. The summed E-state index contributed by atoms with van der Waals surface area (Å²) in [5, 5.41) is 12.4. The molecule has 0 amide bonds. The average molecular weight is 258 g/mol. The normalized spacial score (nSPS) is 15.1. The molecule has 0 spiro atoms. The Morgan fingerprint density at radius 1 is 1.39 bits per heavy atom. The van der Waals surface area contributed by atoms with Gasteiger partial charge in [-0.15, -0.1) is 0 Å². The molecular weight excluding hydrogens is 228 g/mol. The predicted octanol–water partition coefficient (Wildman–Crippen LogP) is 2.34. The van der Waals surface area contributed by atoms with Crippen molar-refractivity contribution in [2.75, 3.05) is 20.1 Å². The molecule has 0 aromatic heterocycles. The van der Waals surface area contributed by atoms with Crippen LogP contribution < -0.4 is 5.32 Å². The first kappa shape index (κ1) is 17.4. The predicted molar refractivity (Wildman–Crippen MR) is 76.0 cm³/mol. The van der Waals surface area contributed by atoms with Crippen LogP contribution >= 0.6 is 0 Å². The zero-order valence-corrected chi connectivity index (χ0v) is 12.6. The van der Waals surface area contributed by atoms with E-state index in [1.165, 1.54) is 0 Å². The molecule has 0 radical (unpaired) electrons. The van der Waals surface area contributed by atoms with Crippen LogP contribution in [-0.4, -0.2) is 47.7 Å². The number of carboxylic acid groups (broad SMARTS) is 1. The second kappa shape index (κ2) is 8.48. The molecule has 0 aliphatic heterocycles. The molecule has 108 valence electrons. The Morgan fingerprint density at radius 2 is 2.00 bits per heavy atom. The van der Waals surface area contributed by atoms with Crippen LogP contribution in [0.5, 0.6) is 0 Å². The number of nitrogens with one attached hydrogen (secondary N) is 1. The van der Waals surface area contributed by atoms with Crippen molar-refractivity contribution in [2.24, 2.45) is 0 Å². The summed E-state index contributed by atoms with van der Waals surface area (Å²) in [6, 6.07) is 0.550. The molecule has 0 aliphatic carbocycles. The molecule has 18 heavy (non-hydrogen) atoms. The lowest BCUT2D eigenvalue weighted by atomic mass is 9.94. The zero-order valence-electron chi connectivity index (χ0n) is 12.6. The number of hydrogen-bond acceptors (Lipinski definition) is 3. The highest BCUT2D eigenvalue weighted by molar-refractivity contribution is 5.78. The molecule has 0 bridgehead atoms. The summed E-state index contributed by atoms with van der Waals surface area (Å²) in [5.74, 6) is -0.742. The van der Waals surface area contributed by atoms with Crippen molar-refractivity contribution in [2.45, 2.75) is 65.0 Å². The molecule has 0 aliphatic rings. The van der Waals surface area contributed by atoms with E-state index in [0.29, 0.717) is 12.5 Å². The van der Waals surface area contributed by atoms with E-state index in [2.05, 4.69) is 31.1 Å². The Hall–Kier alpha value is -0.610. The van der Waals surface area contributed by atoms with Crippen molar-refractivity contribution in [3.8, 4) is 0 Å². The van der Waals surface area contributed by atoms with Crippen LogP contribution in [0.1, 0.15) is 53.4 Å². The van der Waals surface area contributed by atoms with Gasteiger partial charge in [0.1, 0.15) is 5.54 Å². The summed E-state index contributed by atoms with van der Waals surface area (Å²) in [6.45, 7) is 9.97. The SMILES string of the molecule is CCCNC(C)(CCCCN(C)C(C)C)C(=O)O. The van der Waals surface area contributed by atoms with Gasteiger partial charge in [-0.2, -0.15) is 0 Å². The van der Waals surface area contributed by atoms with E-state index in [1.54, 1.807) is 6.92 Å². The lowest BCUT2D eigenvalue weighted by Crippen LogP contribution is -2.49.